The molecule has 0 spiro atoms. The van der Waals surface area contributed by atoms with Crippen LogP contribution in [0.5, 0.6) is 5.75 Å². The van der Waals surface area contributed by atoms with E-state index in [0.717, 1.165) is 29.7 Å². The van der Waals surface area contributed by atoms with E-state index in [0.29, 0.717) is 18.9 Å². The van der Waals surface area contributed by atoms with Gasteiger partial charge < -0.3 is 20.9 Å². The number of aryl methyl sites for hydroxylation is 1. The maximum absolute atomic E-state index is 9.91. The van der Waals surface area contributed by atoms with Gasteiger partial charge in [-0.25, -0.2) is 0 Å². The number of nitrogens with two attached hydrogens (primary N) is 1. The van der Waals surface area contributed by atoms with Gasteiger partial charge in [-0.15, -0.1) is 0 Å². The van der Waals surface area contributed by atoms with Crippen molar-refractivity contribution in [1.29, 1.82) is 0 Å². The SMILES string of the molecule is COCC(CCCN)Nc1ccc(C)c(O)c1C. The molecule has 0 fully saturated rings. The van der Waals surface area contributed by atoms with Gasteiger partial charge in [0.25, 0.3) is 0 Å². The first-order valence-corrected chi connectivity index (χ1v) is 6.34. The van der Waals surface area contributed by atoms with Crippen LogP contribution < -0.4 is 11.1 Å². The number of anilines is 1. The fourth-order valence-corrected chi connectivity index (χ4v) is 1.97. The number of methoxy groups -OCH3 is 1. The largest absolute Gasteiger partial charge is 0.507 e. The summed E-state index contributed by atoms with van der Waals surface area (Å²) in [4.78, 5) is 0. The lowest BCUT2D eigenvalue weighted by atomic mass is 10.1. The second-order valence-electron chi connectivity index (χ2n) is 4.63. The summed E-state index contributed by atoms with van der Waals surface area (Å²) in [7, 11) is 1.69. The van der Waals surface area contributed by atoms with Crippen LogP contribution in [0.15, 0.2) is 12.1 Å². The minimum atomic E-state index is 0.222. The Bertz CT molecular complexity index is 380. The Balaban J connectivity index is 2.77. The first-order valence-electron chi connectivity index (χ1n) is 6.34. The van der Waals surface area contributed by atoms with E-state index in [1.165, 1.54) is 0 Å². The summed E-state index contributed by atoms with van der Waals surface area (Å²) in [6.07, 6.45) is 1.91. The van der Waals surface area contributed by atoms with E-state index in [2.05, 4.69) is 5.32 Å². The van der Waals surface area contributed by atoms with E-state index in [1.807, 2.05) is 26.0 Å². The van der Waals surface area contributed by atoms with Crippen LogP contribution in [0, 0.1) is 13.8 Å². The number of phenols is 1. The Morgan fingerprint density at radius 2 is 2.11 bits per heavy atom. The molecule has 4 heteroatoms. The number of phenolic OH excluding ortho intramolecular Hbond substituents is 1. The van der Waals surface area contributed by atoms with E-state index in [-0.39, 0.29) is 6.04 Å². The average molecular weight is 252 g/mol. The van der Waals surface area contributed by atoms with Crippen LogP contribution >= 0.6 is 0 Å². The van der Waals surface area contributed by atoms with Crippen molar-refractivity contribution < 1.29 is 9.84 Å². The Hall–Kier alpha value is -1.26. The van der Waals surface area contributed by atoms with Gasteiger partial charge in [-0.3, -0.25) is 0 Å². The highest BCUT2D eigenvalue weighted by atomic mass is 16.5. The minimum Gasteiger partial charge on any atom is -0.507 e. The Morgan fingerprint density at radius 1 is 1.39 bits per heavy atom. The number of aromatic hydroxyl groups is 1. The molecule has 0 amide bonds. The Kier molecular flexibility index (Phi) is 5.95. The van der Waals surface area contributed by atoms with Crippen molar-refractivity contribution in [3.63, 3.8) is 0 Å². The summed E-state index contributed by atoms with van der Waals surface area (Å²) in [6.45, 7) is 5.12. The van der Waals surface area contributed by atoms with Crippen molar-refractivity contribution in [2.24, 2.45) is 5.73 Å². The molecular formula is C14H24N2O2. The van der Waals surface area contributed by atoms with Gasteiger partial charge >= 0.3 is 0 Å². The first kappa shape index (κ1) is 14.8. The average Bonchev–Trinajstić information content (AvgIpc) is 2.36. The highest BCUT2D eigenvalue weighted by molar-refractivity contribution is 5.59. The Morgan fingerprint density at radius 3 is 2.72 bits per heavy atom. The third-order valence-electron chi connectivity index (χ3n) is 3.12. The summed E-state index contributed by atoms with van der Waals surface area (Å²) in [6, 6.07) is 4.13. The van der Waals surface area contributed by atoms with Crippen LogP contribution in [0.1, 0.15) is 24.0 Å². The summed E-state index contributed by atoms with van der Waals surface area (Å²) >= 11 is 0. The smallest absolute Gasteiger partial charge is 0.123 e. The molecule has 1 rings (SSSR count). The van der Waals surface area contributed by atoms with Crippen molar-refractivity contribution in [3.8, 4) is 5.75 Å². The third-order valence-corrected chi connectivity index (χ3v) is 3.12. The monoisotopic (exact) mass is 252 g/mol. The fourth-order valence-electron chi connectivity index (χ4n) is 1.97. The van der Waals surface area contributed by atoms with E-state index in [9.17, 15) is 5.11 Å². The Labute approximate surface area is 109 Å². The van der Waals surface area contributed by atoms with Crippen LogP contribution in [-0.4, -0.2) is 31.4 Å². The van der Waals surface area contributed by atoms with Crippen LogP contribution in [0.3, 0.4) is 0 Å². The van der Waals surface area contributed by atoms with Crippen molar-refractivity contribution in [3.05, 3.63) is 23.3 Å². The summed E-state index contributed by atoms with van der Waals surface area (Å²) < 4.78 is 5.20. The normalized spacial score (nSPS) is 12.4. The molecule has 0 bridgehead atoms. The van der Waals surface area contributed by atoms with Crippen LogP contribution in [-0.2, 0) is 4.74 Å². The molecule has 0 saturated heterocycles. The molecule has 0 aliphatic rings. The molecule has 0 heterocycles. The molecule has 1 aromatic carbocycles. The number of rotatable bonds is 7. The van der Waals surface area contributed by atoms with Gasteiger partial charge in [0.15, 0.2) is 0 Å². The van der Waals surface area contributed by atoms with Crippen molar-refractivity contribution in [2.45, 2.75) is 32.7 Å². The third kappa shape index (κ3) is 3.89. The molecular weight excluding hydrogens is 228 g/mol. The lowest BCUT2D eigenvalue weighted by Crippen LogP contribution is -2.26. The zero-order valence-electron chi connectivity index (χ0n) is 11.5. The number of nitrogens with one attached hydrogen (secondary N) is 1. The van der Waals surface area contributed by atoms with Crippen molar-refractivity contribution >= 4 is 5.69 Å². The molecule has 0 radical (unpaired) electrons. The standard InChI is InChI=1S/C14H24N2O2/c1-10-6-7-13(11(2)14(10)17)16-12(9-18-3)5-4-8-15/h6-7,12,16-17H,4-5,8-9,15H2,1-3H3. The summed E-state index contributed by atoms with van der Waals surface area (Å²) in [5.74, 6) is 0.356. The zero-order chi connectivity index (χ0) is 13.5. The highest BCUT2D eigenvalue weighted by Gasteiger charge is 2.11. The number of benzene rings is 1. The number of hydrogen-bond donors (Lipinski definition) is 3. The molecule has 1 aromatic rings. The molecule has 0 aliphatic heterocycles. The van der Waals surface area contributed by atoms with E-state index in [4.69, 9.17) is 10.5 Å². The van der Waals surface area contributed by atoms with Crippen molar-refractivity contribution in [2.75, 3.05) is 25.6 Å². The second-order valence-corrected chi connectivity index (χ2v) is 4.63. The summed E-state index contributed by atoms with van der Waals surface area (Å²) in [5, 5.41) is 13.3. The van der Waals surface area contributed by atoms with E-state index >= 15 is 0 Å². The molecule has 102 valence electrons. The lowest BCUT2D eigenvalue weighted by molar-refractivity contribution is 0.182. The van der Waals surface area contributed by atoms with Crippen LogP contribution in [0.4, 0.5) is 5.69 Å². The quantitative estimate of drug-likeness (QED) is 0.696. The molecule has 1 atom stereocenters. The molecule has 1 unspecified atom stereocenters. The zero-order valence-corrected chi connectivity index (χ0v) is 11.5. The number of ether oxygens (including phenoxy) is 1. The van der Waals surface area contributed by atoms with E-state index in [1.54, 1.807) is 7.11 Å². The second kappa shape index (κ2) is 7.24. The lowest BCUT2D eigenvalue weighted by Gasteiger charge is -2.21. The predicted octanol–water partition coefficient (Wildman–Crippen LogP) is 2.17. The van der Waals surface area contributed by atoms with Crippen LogP contribution in [0.25, 0.3) is 0 Å². The number of hydrogen-bond acceptors (Lipinski definition) is 4. The van der Waals surface area contributed by atoms with Crippen LogP contribution in [0.2, 0.25) is 0 Å². The minimum absolute atomic E-state index is 0.222. The molecule has 4 N–H and O–H groups in total. The van der Waals surface area contributed by atoms with Gasteiger partial charge in [0, 0.05) is 24.4 Å². The molecule has 18 heavy (non-hydrogen) atoms. The molecule has 0 aliphatic carbocycles. The summed E-state index contributed by atoms with van der Waals surface area (Å²) in [5.41, 5.74) is 8.26. The van der Waals surface area contributed by atoms with Gasteiger partial charge in [0.1, 0.15) is 5.75 Å². The molecule has 0 saturated carbocycles. The van der Waals surface area contributed by atoms with Gasteiger partial charge in [-0.2, -0.15) is 0 Å². The van der Waals surface area contributed by atoms with Gasteiger partial charge in [0.2, 0.25) is 0 Å². The molecule has 4 nitrogen and oxygen atoms in total. The molecule has 0 aromatic heterocycles. The van der Waals surface area contributed by atoms with Gasteiger partial charge in [0.05, 0.1) is 6.61 Å². The fraction of sp³-hybridized carbons (Fsp3) is 0.571. The topological polar surface area (TPSA) is 67.5 Å². The van der Waals surface area contributed by atoms with E-state index < -0.39 is 0 Å². The highest BCUT2D eigenvalue weighted by Crippen LogP contribution is 2.28. The van der Waals surface area contributed by atoms with Crippen molar-refractivity contribution in [1.82, 2.24) is 0 Å². The van der Waals surface area contributed by atoms with Gasteiger partial charge in [-0.05, 0) is 44.9 Å². The predicted molar refractivity (Wildman–Crippen MR) is 75.2 cm³/mol. The first-order chi connectivity index (χ1) is 8.60. The maximum Gasteiger partial charge on any atom is 0.123 e. The van der Waals surface area contributed by atoms with Gasteiger partial charge in [-0.1, -0.05) is 6.07 Å². The maximum atomic E-state index is 9.91.